The summed E-state index contributed by atoms with van der Waals surface area (Å²) in [4.78, 5) is 1.18. The number of phenols is 1. The standard InChI is InChI=1S/C7H3F3IN3O3S/c8-7(9,10)18(16,17)3-1-4(11)6(15)5(2-3)13-14-12/h1-2,15H. The van der Waals surface area contributed by atoms with Gasteiger partial charge < -0.3 is 5.11 Å². The normalized spacial score (nSPS) is 12.0. The molecule has 0 spiro atoms. The molecule has 1 aromatic carbocycles. The Labute approximate surface area is 112 Å². The van der Waals surface area contributed by atoms with Gasteiger partial charge in [-0.1, -0.05) is 5.11 Å². The molecule has 0 bridgehead atoms. The van der Waals surface area contributed by atoms with E-state index in [0.29, 0.717) is 12.1 Å². The molecule has 0 amide bonds. The van der Waals surface area contributed by atoms with Crippen molar-refractivity contribution < 1.29 is 26.7 Å². The van der Waals surface area contributed by atoms with Gasteiger partial charge >= 0.3 is 5.51 Å². The zero-order valence-corrected chi connectivity index (χ0v) is 11.2. The molecule has 0 aromatic heterocycles. The third kappa shape index (κ3) is 2.62. The van der Waals surface area contributed by atoms with Crippen LogP contribution in [-0.2, 0) is 9.84 Å². The average Bonchev–Trinajstić information content (AvgIpc) is 2.23. The van der Waals surface area contributed by atoms with E-state index in [9.17, 15) is 26.7 Å². The molecule has 0 aliphatic heterocycles. The zero-order chi connectivity index (χ0) is 14.1. The van der Waals surface area contributed by atoms with E-state index in [1.165, 1.54) is 22.6 Å². The highest BCUT2D eigenvalue weighted by Crippen LogP contribution is 2.38. The first-order chi connectivity index (χ1) is 8.11. The van der Waals surface area contributed by atoms with Crippen molar-refractivity contribution in [1.82, 2.24) is 0 Å². The molecule has 98 valence electrons. The maximum atomic E-state index is 12.3. The Balaban J connectivity index is 3.60. The van der Waals surface area contributed by atoms with Crippen LogP contribution in [-0.4, -0.2) is 19.0 Å². The first-order valence-corrected chi connectivity index (χ1v) is 6.56. The molecule has 6 nitrogen and oxygen atoms in total. The van der Waals surface area contributed by atoms with Crippen LogP contribution in [0.2, 0.25) is 0 Å². The van der Waals surface area contributed by atoms with Gasteiger partial charge in [-0.3, -0.25) is 0 Å². The summed E-state index contributed by atoms with van der Waals surface area (Å²) in [5.41, 5.74) is 2.10. The van der Waals surface area contributed by atoms with E-state index in [4.69, 9.17) is 5.53 Å². The van der Waals surface area contributed by atoms with Gasteiger partial charge in [-0.2, -0.15) is 13.2 Å². The molecule has 0 saturated carbocycles. The van der Waals surface area contributed by atoms with E-state index in [1.807, 2.05) is 0 Å². The second kappa shape index (κ2) is 4.82. The van der Waals surface area contributed by atoms with E-state index in [-0.39, 0.29) is 3.57 Å². The van der Waals surface area contributed by atoms with E-state index < -0.39 is 31.7 Å². The first kappa shape index (κ1) is 14.9. The molecule has 0 fully saturated rings. The minimum Gasteiger partial charge on any atom is -0.506 e. The summed E-state index contributed by atoms with van der Waals surface area (Å²) in [6, 6.07) is 1.09. The minimum atomic E-state index is -5.56. The molecule has 0 aliphatic carbocycles. The van der Waals surface area contributed by atoms with Crippen molar-refractivity contribution in [2.45, 2.75) is 10.4 Å². The van der Waals surface area contributed by atoms with Crippen molar-refractivity contribution >= 4 is 38.1 Å². The fraction of sp³-hybridized carbons (Fsp3) is 0.143. The highest BCUT2D eigenvalue weighted by atomic mass is 127. The van der Waals surface area contributed by atoms with Gasteiger partial charge in [-0.05, 0) is 40.3 Å². The lowest BCUT2D eigenvalue weighted by molar-refractivity contribution is -0.0436. The van der Waals surface area contributed by atoms with E-state index in [0.717, 1.165) is 0 Å². The molecule has 0 radical (unpaired) electrons. The third-order valence-corrected chi connectivity index (χ3v) is 4.07. The van der Waals surface area contributed by atoms with Crippen LogP contribution in [0.5, 0.6) is 5.75 Å². The second-order valence-electron chi connectivity index (χ2n) is 2.91. The lowest BCUT2D eigenvalue weighted by Crippen LogP contribution is -2.23. The summed E-state index contributed by atoms with van der Waals surface area (Å²) in [5, 5.41) is 12.3. The number of hydrogen-bond acceptors (Lipinski definition) is 4. The predicted octanol–water partition coefficient (Wildman–Crippen LogP) is 3.23. The molecule has 0 atom stereocenters. The Morgan fingerprint density at radius 1 is 1.39 bits per heavy atom. The molecule has 11 heteroatoms. The van der Waals surface area contributed by atoms with Gasteiger partial charge in [-0.25, -0.2) is 8.42 Å². The maximum absolute atomic E-state index is 12.3. The van der Waals surface area contributed by atoms with Crippen LogP contribution < -0.4 is 0 Å². The fourth-order valence-electron chi connectivity index (χ4n) is 0.974. The average molecular weight is 393 g/mol. The Morgan fingerprint density at radius 2 is 1.94 bits per heavy atom. The Kier molecular flexibility index (Phi) is 3.98. The Bertz CT molecular complexity index is 637. The highest BCUT2D eigenvalue weighted by molar-refractivity contribution is 14.1. The summed E-state index contributed by atoms with van der Waals surface area (Å²) in [7, 11) is -5.56. The quantitative estimate of drug-likeness (QED) is 0.361. The molecule has 0 unspecified atom stereocenters. The van der Waals surface area contributed by atoms with Gasteiger partial charge in [0, 0.05) is 4.91 Å². The number of azide groups is 1. The van der Waals surface area contributed by atoms with Crippen LogP contribution in [0.1, 0.15) is 0 Å². The summed E-state index contributed by atoms with van der Waals surface area (Å²) in [6.45, 7) is 0. The lowest BCUT2D eigenvalue weighted by atomic mass is 10.3. The van der Waals surface area contributed by atoms with Gasteiger partial charge in [0.1, 0.15) is 5.75 Å². The van der Waals surface area contributed by atoms with Gasteiger partial charge in [0.15, 0.2) is 0 Å². The number of halogens is 4. The number of alkyl halides is 3. The van der Waals surface area contributed by atoms with Crippen LogP contribution in [0, 0.1) is 3.57 Å². The number of aromatic hydroxyl groups is 1. The van der Waals surface area contributed by atoms with Crippen LogP contribution in [0.4, 0.5) is 18.9 Å². The number of rotatable bonds is 2. The monoisotopic (exact) mass is 393 g/mol. The predicted molar refractivity (Wildman–Crippen MR) is 62.9 cm³/mol. The summed E-state index contributed by atoms with van der Waals surface area (Å²) < 4.78 is 59.0. The smallest absolute Gasteiger partial charge is 0.501 e. The van der Waals surface area contributed by atoms with Crippen LogP contribution in [0.15, 0.2) is 22.1 Å². The van der Waals surface area contributed by atoms with Crippen molar-refractivity contribution in [3.63, 3.8) is 0 Å². The van der Waals surface area contributed by atoms with E-state index >= 15 is 0 Å². The molecule has 1 aromatic rings. The number of hydrogen-bond donors (Lipinski definition) is 1. The molecule has 18 heavy (non-hydrogen) atoms. The maximum Gasteiger partial charge on any atom is 0.501 e. The third-order valence-electron chi connectivity index (χ3n) is 1.78. The molecule has 0 heterocycles. The van der Waals surface area contributed by atoms with E-state index in [2.05, 4.69) is 10.0 Å². The Hall–Kier alpha value is -1.20. The highest BCUT2D eigenvalue weighted by Gasteiger charge is 2.47. The van der Waals surface area contributed by atoms with Gasteiger partial charge in [0.05, 0.1) is 14.2 Å². The van der Waals surface area contributed by atoms with Gasteiger partial charge in [0.25, 0.3) is 9.84 Å². The molecule has 1 rings (SSSR count). The zero-order valence-electron chi connectivity index (χ0n) is 8.18. The number of nitrogens with zero attached hydrogens (tertiary/aromatic N) is 3. The largest absolute Gasteiger partial charge is 0.506 e. The number of sulfone groups is 1. The van der Waals surface area contributed by atoms with Crippen LogP contribution in [0.25, 0.3) is 10.4 Å². The summed E-state index contributed by atoms with van der Waals surface area (Å²) in [6.07, 6.45) is 0. The van der Waals surface area contributed by atoms with E-state index in [1.54, 1.807) is 0 Å². The molecule has 1 N–H and O–H groups in total. The Morgan fingerprint density at radius 3 is 2.39 bits per heavy atom. The molecular formula is C7H3F3IN3O3S. The lowest BCUT2D eigenvalue weighted by Gasteiger charge is -2.10. The summed E-state index contributed by atoms with van der Waals surface area (Å²) in [5.74, 6) is -0.588. The first-order valence-electron chi connectivity index (χ1n) is 4.00. The van der Waals surface area contributed by atoms with Crippen LogP contribution in [0.3, 0.4) is 0 Å². The molecule has 0 aliphatic rings. The van der Waals surface area contributed by atoms with Gasteiger partial charge in [0.2, 0.25) is 0 Å². The van der Waals surface area contributed by atoms with Crippen molar-refractivity contribution in [2.75, 3.05) is 0 Å². The minimum absolute atomic E-state index is 0.180. The van der Waals surface area contributed by atoms with Crippen molar-refractivity contribution in [2.24, 2.45) is 5.11 Å². The molecular weight excluding hydrogens is 390 g/mol. The van der Waals surface area contributed by atoms with Crippen molar-refractivity contribution in [3.05, 3.63) is 26.1 Å². The number of benzene rings is 1. The van der Waals surface area contributed by atoms with Gasteiger partial charge in [-0.15, -0.1) is 0 Å². The summed E-state index contributed by atoms with van der Waals surface area (Å²) >= 11 is 1.42. The van der Waals surface area contributed by atoms with Crippen molar-refractivity contribution in [3.8, 4) is 5.75 Å². The van der Waals surface area contributed by atoms with Crippen LogP contribution >= 0.6 is 22.6 Å². The SMILES string of the molecule is [N-]=[N+]=Nc1cc(S(=O)(=O)C(F)(F)F)cc(I)c1O. The fourth-order valence-corrected chi connectivity index (χ4v) is 2.60. The van der Waals surface area contributed by atoms with Crippen molar-refractivity contribution in [1.29, 1.82) is 0 Å². The number of phenolic OH excluding ortho intramolecular Hbond substituents is 1. The molecule has 0 saturated heterocycles. The topological polar surface area (TPSA) is 103 Å². The second-order valence-corrected chi connectivity index (χ2v) is 6.01.